The summed E-state index contributed by atoms with van der Waals surface area (Å²) in [6.07, 6.45) is 0.444. The van der Waals surface area contributed by atoms with Crippen LogP contribution >= 0.6 is 22.6 Å². The van der Waals surface area contributed by atoms with E-state index < -0.39 is 0 Å². The normalized spacial score (nSPS) is 26.6. The van der Waals surface area contributed by atoms with E-state index in [2.05, 4.69) is 22.6 Å². The monoisotopic (exact) mass is 322 g/mol. The molecule has 1 N–H and O–H groups in total. The van der Waals surface area contributed by atoms with Gasteiger partial charge in [-0.1, -0.05) is 6.07 Å². The number of hydrogen-bond donors (Lipinski definition) is 1. The Morgan fingerprint density at radius 1 is 1.47 bits per heavy atom. The fourth-order valence-corrected chi connectivity index (χ4v) is 2.61. The molecule has 15 heavy (non-hydrogen) atoms. The fraction of sp³-hybridized carbons (Fsp3) is 0.455. The Labute approximate surface area is 102 Å². The number of aliphatic hydroxyl groups excluding tert-OH is 1. The van der Waals surface area contributed by atoms with Gasteiger partial charge >= 0.3 is 0 Å². The molecule has 1 aromatic rings. The van der Waals surface area contributed by atoms with Crippen LogP contribution in [0.4, 0.5) is 4.39 Å². The number of ether oxygens (including phenoxy) is 1. The van der Waals surface area contributed by atoms with Crippen LogP contribution in [0, 0.1) is 9.39 Å². The molecule has 2 nitrogen and oxygen atoms in total. The highest BCUT2D eigenvalue weighted by Gasteiger charge is 2.26. The second-order valence-electron chi connectivity index (χ2n) is 3.67. The molecule has 0 spiro atoms. The van der Waals surface area contributed by atoms with E-state index in [1.807, 2.05) is 6.07 Å². The predicted octanol–water partition coefficient (Wildman–Crippen LogP) is 2.64. The van der Waals surface area contributed by atoms with Crippen molar-refractivity contribution in [2.45, 2.75) is 25.0 Å². The minimum Gasteiger partial charge on any atom is -0.393 e. The smallest absolute Gasteiger partial charge is 0.130 e. The molecular formula is C11H12FIO2. The molecule has 1 aliphatic rings. The van der Waals surface area contributed by atoms with E-state index in [1.54, 1.807) is 6.07 Å². The van der Waals surface area contributed by atoms with Crippen LogP contribution in [0.25, 0.3) is 0 Å². The first-order valence-electron chi connectivity index (χ1n) is 4.92. The van der Waals surface area contributed by atoms with Crippen LogP contribution in [0.5, 0.6) is 0 Å². The summed E-state index contributed by atoms with van der Waals surface area (Å²) in [5, 5.41) is 9.52. The zero-order valence-corrected chi connectivity index (χ0v) is 10.3. The van der Waals surface area contributed by atoms with Gasteiger partial charge in [0.1, 0.15) is 5.82 Å². The van der Waals surface area contributed by atoms with Crippen LogP contribution in [0.15, 0.2) is 18.2 Å². The number of aliphatic hydroxyl groups is 1. The standard InChI is InChI=1S/C11H12FIO2/c12-8-2-1-3-9(13)11(8)10-6-7(14)4-5-15-10/h1-3,7,10,14H,4-6H2. The van der Waals surface area contributed by atoms with Gasteiger partial charge in [-0.25, -0.2) is 4.39 Å². The van der Waals surface area contributed by atoms with Crippen molar-refractivity contribution in [1.82, 2.24) is 0 Å². The van der Waals surface area contributed by atoms with Gasteiger partial charge in [-0.05, 0) is 41.1 Å². The molecule has 1 aromatic carbocycles. The molecule has 1 fully saturated rings. The molecule has 1 saturated heterocycles. The van der Waals surface area contributed by atoms with Crippen LogP contribution in [0.1, 0.15) is 24.5 Å². The molecule has 0 saturated carbocycles. The average molecular weight is 322 g/mol. The lowest BCUT2D eigenvalue weighted by atomic mass is 9.99. The van der Waals surface area contributed by atoms with E-state index in [0.29, 0.717) is 25.0 Å². The van der Waals surface area contributed by atoms with E-state index in [4.69, 9.17) is 4.74 Å². The Bertz CT molecular complexity index is 336. The van der Waals surface area contributed by atoms with E-state index >= 15 is 0 Å². The van der Waals surface area contributed by atoms with E-state index in [9.17, 15) is 9.50 Å². The fourth-order valence-electron chi connectivity index (χ4n) is 1.80. The maximum atomic E-state index is 13.6. The molecule has 2 unspecified atom stereocenters. The van der Waals surface area contributed by atoms with Crippen LogP contribution < -0.4 is 0 Å². The highest BCUT2D eigenvalue weighted by molar-refractivity contribution is 14.1. The van der Waals surface area contributed by atoms with Gasteiger partial charge in [0.2, 0.25) is 0 Å². The van der Waals surface area contributed by atoms with E-state index in [0.717, 1.165) is 3.57 Å². The summed E-state index contributed by atoms with van der Waals surface area (Å²) in [6, 6.07) is 4.96. The largest absolute Gasteiger partial charge is 0.393 e. The third-order valence-electron chi connectivity index (χ3n) is 2.58. The van der Waals surface area contributed by atoms with Gasteiger partial charge in [-0.2, -0.15) is 0 Å². The Morgan fingerprint density at radius 3 is 2.93 bits per heavy atom. The molecule has 0 aliphatic carbocycles. The second kappa shape index (κ2) is 4.76. The molecule has 1 heterocycles. The minimum atomic E-state index is -0.376. The van der Waals surface area contributed by atoms with Crippen molar-refractivity contribution in [3.05, 3.63) is 33.1 Å². The summed E-state index contributed by atoms with van der Waals surface area (Å²) in [5.41, 5.74) is 0.580. The molecule has 0 radical (unpaired) electrons. The summed E-state index contributed by atoms with van der Waals surface area (Å²) in [6.45, 7) is 0.496. The zero-order valence-electron chi connectivity index (χ0n) is 8.12. The Kier molecular flexibility index (Phi) is 3.58. The molecule has 82 valence electrons. The SMILES string of the molecule is OC1CCOC(c2c(F)cccc2I)C1. The Balaban J connectivity index is 2.28. The quantitative estimate of drug-likeness (QED) is 0.806. The molecule has 0 amide bonds. The van der Waals surface area contributed by atoms with Crippen LogP contribution in [-0.4, -0.2) is 17.8 Å². The number of halogens is 2. The summed E-state index contributed by atoms with van der Waals surface area (Å²) in [4.78, 5) is 0. The first-order valence-corrected chi connectivity index (χ1v) is 6.00. The average Bonchev–Trinajstić information content (AvgIpc) is 2.17. The van der Waals surface area contributed by atoms with Gasteiger partial charge in [0, 0.05) is 22.2 Å². The molecule has 0 aromatic heterocycles. The summed E-state index contributed by atoms with van der Waals surface area (Å²) in [5.74, 6) is -0.249. The summed E-state index contributed by atoms with van der Waals surface area (Å²) < 4.78 is 19.9. The highest BCUT2D eigenvalue weighted by atomic mass is 127. The summed E-state index contributed by atoms with van der Waals surface area (Å²) >= 11 is 2.09. The lowest BCUT2D eigenvalue weighted by molar-refractivity contribution is -0.0465. The van der Waals surface area contributed by atoms with Crippen LogP contribution in [0.3, 0.4) is 0 Å². The van der Waals surface area contributed by atoms with Crippen LogP contribution in [-0.2, 0) is 4.74 Å². The Hall–Kier alpha value is -0.200. The summed E-state index contributed by atoms with van der Waals surface area (Å²) in [7, 11) is 0. The van der Waals surface area contributed by atoms with Gasteiger partial charge in [0.05, 0.1) is 12.2 Å². The van der Waals surface area contributed by atoms with Gasteiger partial charge in [0.25, 0.3) is 0 Å². The first kappa shape index (κ1) is 11.3. The van der Waals surface area contributed by atoms with E-state index in [-0.39, 0.29) is 18.0 Å². The highest BCUT2D eigenvalue weighted by Crippen LogP contribution is 2.32. The van der Waals surface area contributed by atoms with Gasteiger partial charge in [0.15, 0.2) is 0 Å². The van der Waals surface area contributed by atoms with Crippen molar-refractivity contribution in [2.75, 3.05) is 6.61 Å². The minimum absolute atomic E-state index is 0.249. The number of benzene rings is 1. The van der Waals surface area contributed by atoms with Crippen LogP contribution in [0.2, 0.25) is 0 Å². The van der Waals surface area contributed by atoms with Crippen molar-refractivity contribution in [1.29, 1.82) is 0 Å². The molecule has 4 heteroatoms. The molecule has 1 aliphatic heterocycles. The van der Waals surface area contributed by atoms with Crippen molar-refractivity contribution in [2.24, 2.45) is 0 Å². The van der Waals surface area contributed by atoms with Gasteiger partial charge in [-0.3, -0.25) is 0 Å². The maximum Gasteiger partial charge on any atom is 0.130 e. The number of hydrogen-bond acceptors (Lipinski definition) is 2. The molecule has 2 rings (SSSR count). The van der Waals surface area contributed by atoms with Crippen molar-refractivity contribution >= 4 is 22.6 Å². The maximum absolute atomic E-state index is 13.6. The second-order valence-corrected chi connectivity index (χ2v) is 4.84. The third-order valence-corrected chi connectivity index (χ3v) is 3.52. The van der Waals surface area contributed by atoms with Crippen molar-refractivity contribution < 1.29 is 14.2 Å². The lowest BCUT2D eigenvalue weighted by Crippen LogP contribution is -2.24. The van der Waals surface area contributed by atoms with Gasteiger partial charge in [-0.15, -0.1) is 0 Å². The topological polar surface area (TPSA) is 29.5 Å². The van der Waals surface area contributed by atoms with E-state index in [1.165, 1.54) is 6.07 Å². The lowest BCUT2D eigenvalue weighted by Gasteiger charge is -2.27. The third kappa shape index (κ3) is 2.49. The zero-order chi connectivity index (χ0) is 10.8. The molecule has 0 bridgehead atoms. The number of rotatable bonds is 1. The molecular weight excluding hydrogens is 310 g/mol. The first-order chi connectivity index (χ1) is 7.18. The van der Waals surface area contributed by atoms with Crippen molar-refractivity contribution in [3.8, 4) is 0 Å². The van der Waals surface area contributed by atoms with Gasteiger partial charge < -0.3 is 9.84 Å². The Morgan fingerprint density at radius 2 is 2.27 bits per heavy atom. The molecule has 2 atom stereocenters. The predicted molar refractivity (Wildman–Crippen MR) is 63.1 cm³/mol. The van der Waals surface area contributed by atoms with Crippen molar-refractivity contribution in [3.63, 3.8) is 0 Å².